The van der Waals surface area contributed by atoms with Crippen molar-refractivity contribution < 1.29 is 23.8 Å². The van der Waals surface area contributed by atoms with E-state index in [-0.39, 0.29) is 11.5 Å². The Morgan fingerprint density at radius 1 is 1.32 bits per heavy atom. The summed E-state index contributed by atoms with van der Waals surface area (Å²) in [5, 5.41) is 2.89. The highest BCUT2D eigenvalue weighted by Crippen LogP contribution is 2.36. The van der Waals surface area contributed by atoms with E-state index in [2.05, 4.69) is 12.2 Å². The molecule has 0 aromatic heterocycles. The fourth-order valence-corrected chi connectivity index (χ4v) is 3.39. The molecule has 1 N–H and O–H groups in total. The third kappa shape index (κ3) is 4.31. The molecule has 0 radical (unpaired) electrons. The van der Waals surface area contributed by atoms with Crippen LogP contribution in [0, 0.1) is 5.92 Å². The number of carbonyl (C=O) groups is 2. The van der Waals surface area contributed by atoms with Crippen LogP contribution in [0.2, 0.25) is 0 Å². The number of methoxy groups -OCH3 is 2. The number of ether oxygens (including phenoxy) is 3. The minimum absolute atomic E-state index is 0.179. The number of nitrogens with one attached hydrogen (secondary N) is 1. The maximum absolute atomic E-state index is 12.8. The van der Waals surface area contributed by atoms with Gasteiger partial charge in [0.25, 0.3) is 5.91 Å². The topological polar surface area (TPSA) is 73.9 Å². The summed E-state index contributed by atoms with van der Waals surface area (Å²) in [4.78, 5) is 24.8. The Morgan fingerprint density at radius 3 is 2.68 bits per heavy atom. The van der Waals surface area contributed by atoms with Crippen molar-refractivity contribution in [3.05, 3.63) is 23.8 Å². The Bertz CT molecular complexity index is 630. The molecule has 25 heavy (non-hydrogen) atoms. The molecule has 1 saturated carbocycles. The van der Waals surface area contributed by atoms with Crippen LogP contribution in [-0.4, -0.2) is 38.3 Å². The van der Waals surface area contributed by atoms with Crippen LogP contribution >= 0.6 is 0 Å². The first-order valence-electron chi connectivity index (χ1n) is 8.67. The second-order valence-corrected chi connectivity index (χ2v) is 6.49. The first-order valence-corrected chi connectivity index (χ1v) is 8.67. The smallest absolute Gasteiger partial charge is 0.341 e. The van der Waals surface area contributed by atoms with Crippen LogP contribution < -0.4 is 10.1 Å². The fraction of sp³-hybridized carbons (Fsp3) is 0.579. The summed E-state index contributed by atoms with van der Waals surface area (Å²) in [5.74, 6) is 0.180. The fourth-order valence-electron chi connectivity index (χ4n) is 3.39. The lowest BCUT2D eigenvalue weighted by molar-refractivity contribution is -0.143. The normalized spacial score (nSPS) is 23.0. The number of amides is 1. The van der Waals surface area contributed by atoms with E-state index >= 15 is 0 Å². The van der Waals surface area contributed by atoms with Crippen molar-refractivity contribution in [2.75, 3.05) is 26.1 Å². The summed E-state index contributed by atoms with van der Waals surface area (Å²) >= 11 is 0. The summed E-state index contributed by atoms with van der Waals surface area (Å²) < 4.78 is 15.9. The Morgan fingerprint density at radius 2 is 2.08 bits per heavy atom. The number of esters is 1. The Labute approximate surface area is 148 Å². The molecule has 1 aromatic carbocycles. The van der Waals surface area contributed by atoms with Crippen molar-refractivity contribution >= 4 is 17.6 Å². The second kappa shape index (κ2) is 8.34. The number of benzene rings is 1. The summed E-state index contributed by atoms with van der Waals surface area (Å²) in [6, 6.07) is 4.95. The van der Waals surface area contributed by atoms with Crippen LogP contribution in [0.4, 0.5) is 5.69 Å². The van der Waals surface area contributed by atoms with Gasteiger partial charge in [-0.25, -0.2) is 4.79 Å². The average molecular weight is 349 g/mol. The van der Waals surface area contributed by atoms with Gasteiger partial charge in [-0.05, 0) is 50.3 Å². The third-order valence-electron chi connectivity index (χ3n) is 4.70. The predicted octanol–water partition coefficient (Wildman–Crippen LogP) is 3.41. The molecule has 2 atom stereocenters. The van der Waals surface area contributed by atoms with Crippen LogP contribution in [0.3, 0.4) is 0 Å². The number of hydrogen-bond donors (Lipinski definition) is 1. The van der Waals surface area contributed by atoms with E-state index in [1.807, 2.05) is 6.92 Å². The standard InChI is InChI=1S/C19H27NO5/c1-5-25-16-9-8-14(11-15(16)17(21)23-3)20-18(22)19(24-4)10-6-7-13(2)12-19/h8-9,11,13H,5-7,10,12H2,1-4H3,(H,20,22)/t13-,19+/m1/s1. The summed E-state index contributed by atoms with van der Waals surface area (Å²) in [6.07, 6.45) is 3.45. The molecule has 1 fully saturated rings. The highest BCUT2D eigenvalue weighted by atomic mass is 16.5. The van der Waals surface area contributed by atoms with Gasteiger partial charge in [0.2, 0.25) is 0 Å². The SMILES string of the molecule is CCOc1ccc(NC(=O)[C@]2(OC)CCC[C@@H](C)C2)cc1C(=O)OC. The monoisotopic (exact) mass is 349 g/mol. The largest absolute Gasteiger partial charge is 0.493 e. The molecule has 1 aliphatic carbocycles. The van der Waals surface area contributed by atoms with Crippen LogP contribution in [-0.2, 0) is 14.3 Å². The highest BCUT2D eigenvalue weighted by Gasteiger charge is 2.42. The lowest BCUT2D eigenvalue weighted by Gasteiger charge is -2.37. The van der Waals surface area contributed by atoms with E-state index in [1.54, 1.807) is 25.3 Å². The molecule has 1 amide bonds. The van der Waals surface area contributed by atoms with Gasteiger partial charge in [-0.15, -0.1) is 0 Å². The van der Waals surface area contributed by atoms with Crippen molar-refractivity contribution in [3.63, 3.8) is 0 Å². The van der Waals surface area contributed by atoms with Crippen LogP contribution in [0.1, 0.15) is 49.9 Å². The molecule has 0 heterocycles. The summed E-state index contributed by atoms with van der Waals surface area (Å²) in [6.45, 7) is 4.40. The van der Waals surface area contributed by atoms with E-state index in [4.69, 9.17) is 14.2 Å². The Kier molecular flexibility index (Phi) is 6.42. The van der Waals surface area contributed by atoms with Crippen molar-refractivity contribution in [3.8, 4) is 5.75 Å². The van der Waals surface area contributed by atoms with Gasteiger partial charge in [-0.3, -0.25) is 4.79 Å². The molecule has 2 rings (SSSR count). The van der Waals surface area contributed by atoms with E-state index in [0.717, 1.165) is 12.8 Å². The molecule has 1 aliphatic rings. The summed E-state index contributed by atoms with van der Waals surface area (Å²) in [5.41, 5.74) is -0.0176. The van der Waals surface area contributed by atoms with Crippen molar-refractivity contribution in [2.24, 2.45) is 5.92 Å². The second-order valence-electron chi connectivity index (χ2n) is 6.49. The molecule has 0 aliphatic heterocycles. The maximum atomic E-state index is 12.8. The lowest BCUT2D eigenvalue weighted by atomic mass is 9.78. The Balaban J connectivity index is 2.23. The number of anilines is 1. The van der Waals surface area contributed by atoms with Gasteiger partial charge in [-0.2, -0.15) is 0 Å². The molecule has 0 spiro atoms. The zero-order chi connectivity index (χ0) is 18.4. The first kappa shape index (κ1) is 19.2. The van der Waals surface area contributed by atoms with Gasteiger partial charge in [0.05, 0.1) is 13.7 Å². The van der Waals surface area contributed by atoms with Gasteiger partial charge in [-0.1, -0.05) is 13.3 Å². The molecule has 6 nitrogen and oxygen atoms in total. The average Bonchev–Trinajstić information content (AvgIpc) is 2.62. The van der Waals surface area contributed by atoms with Gasteiger partial charge >= 0.3 is 5.97 Å². The number of carbonyl (C=O) groups excluding carboxylic acids is 2. The quantitative estimate of drug-likeness (QED) is 0.797. The van der Waals surface area contributed by atoms with Gasteiger partial charge in [0.15, 0.2) is 0 Å². The van der Waals surface area contributed by atoms with E-state index in [0.29, 0.717) is 36.8 Å². The highest BCUT2D eigenvalue weighted by molar-refractivity contribution is 5.99. The van der Waals surface area contributed by atoms with Gasteiger partial charge < -0.3 is 19.5 Å². The number of hydrogen-bond acceptors (Lipinski definition) is 5. The van der Waals surface area contributed by atoms with Crippen LogP contribution in [0.25, 0.3) is 0 Å². The molecule has 6 heteroatoms. The lowest BCUT2D eigenvalue weighted by Crippen LogP contribution is -2.47. The van der Waals surface area contributed by atoms with Gasteiger partial charge in [0, 0.05) is 12.8 Å². The first-order chi connectivity index (χ1) is 12.0. The molecule has 0 bridgehead atoms. The number of rotatable bonds is 6. The predicted molar refractivity (Wildman–Crippen MR) is 95.0 cm³/mol. The third-order valence-corrected chi connectivity index (χ3v) is 4.70. The van der Waals surface area contributed by atoms with Gasteiger partial charge in [0.1, 0.15) is 16.9 Å². The molecule has 0 unspecified atom stereocenters. The zero-order valence-electron chi connectivity index (χ0n) is 15.4. The summed E-state index contributed by atoms with van der Waals surface area (Å²) in [7, 11) is 2.89. The minimum Gasteiger partial charge on any atom is -0.493 e. The molecular formula is C19H27NO5. The van der Waals surface area contributed by atoms with Crippen LogP contribution in [0.15, 0.2) is 18.2 Å². The van der Waals surface area contributed by atoms with Crippen molar-refractivity contribution in [2.45, 2.75) is 45.1 Å². The van der Waals surface area contributed by atoms with E-state index in [9.17, 15) is 9.59 Å². The van der Waals surface area contributed by atoms with Crippen LogP contribution in [0.5, 0.6) is 5.75 Å². The zero-order valence-corrected chi connectivity index (χ0v) is 15.4. The molecule has 1 aromatic rings. The maximum Gasteiger partial charge on any atom is 0.341 e. The van der Waals surface area contributed by atoms with Crippen molar-refractivity contribution in [1.29, 1.82) is 0 Å². The minimum atomic E-state index is -0.818. The molecule has 0 saturated heterocycles. The molecular weight excluding hydrogens is 322 g/mol. The van der Waals surface area contributed by atoms with E-state index in [1.165, 1.54) is 7.11 Å². The Hall–Kier alpha value is -2.08. The molecule has 138 valence electrons. The van der Waals surface area contributed by atoms with E-state index < -0.39 is 11.6 Å². The van der Waals surface area contributed by atoms with Crippen molar-refractivity contribution in [1.82, 2.24) is 0 Å².